The first kappa shape index (κ1) is 11.8. The van der Waals surface area contributed by atoms with Gasteiger partial charge < -0.3 is 9.84 Å². The van der Waals surface area contributed by atoms with Crippen LogP contribution in [0.1, 0.15) is 32.6 Å². The van der Waals surface area contributed by atoms with Crippen molar-refractivity contribution in [1.82, 2.24) is 0 Å². The zero-order valence-electron chi connectivity index (χ0n) is 8.72. The lowest BCUT2D eigenvalue weighted by atomic mass is 9.90. The third-order valence-electron chi connectivity index (χ3n) is 2.34. The highest BCUT2D eigenvalue weighted by Gasteiger charge is 2.35. The highest BCUT2D eigenvalue weighted by Crippen LogP contribution is 2.27. The van der Waals surface area contributed by atoms with E-state index in [-0.39, 0.29) is 18.5 Å². The lowest BCUT2D eigenvalue weighted by molar-refractivity contribution is -0.168. The molecule has 0 aromatic heterocycles. The number of hydrogen-bond donors (Lipinski definition) is 1. The SMILES string of the molecule is C[C@]1(O)CC(=O)O[C@H](CCCN=[N+]=[N-])C1. The van der Waals surface area contributed by atoms with E-state index < -0.39 is 5.60 Å². The first-order chi connectivity index (χ1) is 7.03. The monoisotopic (exact) mass is 213 g/mol. The Hall–Kier alpha value is -1.26. The fraction of sp³-hybridized carbons (Fsp3) is 0.889. The molecule has 15 heavy (non-hydrogen) atoms. The van der Waals surface area contributed by atoms with Crippen molar-refractivity contribution in [3.8, 4) is 0 Å². The van der Waals surface area contributed by atoms with Crippen molar-refractivity contribution in [2.45, 2.75) is 44.3 Å². The fourth-order valence-electron chi connectivity index (χ4n) is 1.74. The molecular formula is C9H15N3O3. The van der Waals surface area contributed by atoms with E-state index in [9.17, 15) is 9.90 Å². The number of carbonyl (C=O) groups excluding carboxylic acids is 1. The van der Waals surface area contributed by atoms with Gasteiger partial charge in [0.2, 0.25) is 0 Å². The molecule has 84 valence electrons. The van der Waals surface area contributed by atoms with E-state index in [1.807, 2.05) is 0 Å². The summed E-state index contributed by atoms with van der Waals surface area (Å²) >= 11 is 0. The van der Waals surface area contributed by atoms with Gasteiger partial charge in [0, 0.05) is 17.9 Å². The van der Waals surface area contributed by atoms with Crippen LogP contribution in [0.15, 0.2) is 5.11 Å². The minimum atomic E-state index is -0.960. The van der Waals surface area contributed by atoms with Gasteiger partial charge in [-0.1, -0.05) is 5.11 Å². The van der Waals surface area contributed by atoms with Gasteiger partial charge in [0.1, 0.15) is 6.10 Å². The Morgan fingerprint density at radius 2 is 2.53 bits per heavy atom. The number of hydrogen-bond acceptors (Lipinski definition) is 4. The predicted octanol–water partition coefficient (Wildman–Crippen LogP) is 1.53. The number of nitrogens with zero attached hydrogens (tertiary/aromatic N) is 3. The second-order valence-corrected chi connectivity index (χ2v) is 4.09. The summed E-state index contributed by atoms with van der Waals surface area (Å²) in [4.78, 5) is 13.7. The van der Waals surface area contributed by atoms with Crippen molar-refractivity contribution < 1.29 is 14.6 Å². The molecule has 0 bridgehead atoms. The molecule has 1 fully saturated rings. The number of esters is 1. The van der Waals surface area contributed by atoms with Gasteiger partial charge in [0.05, 0.1) is 12.0 Å². The molecule has 1 heterocycles. The van der Waals surface area contributed by atoms with Crippen molar-refractivity contribution in [3.63, 3.8) is 0 Å². The van der Waals surface area contributed by atoms with E-state index in [0.29, 0.717) is 25.8 Å². The molecule has 1 N–H and O–H groups in total. The first-order valence-corrected chi connectivity index (χ1v) is 4.96. The van der Waals surface area contributed by atoms with E-state index in [4.69, 9.17) is 10.3 Å². The Morgan fingerprint density at radius 3 is 3.13 bits per heavy atom. The molecule has 1 rings (SSSR count). The summed E-state index contributed by atoms with van der Waals surface area (Å²) in [7, 11) is 0. The van der Waals surface area contributed by atoms with Crippen molar-refractivity contribution in [2.75, 3.05) is 6.54 Å². The lowest BCUT2D eigenvalue weighted by Gasteiger charge is -2.33. The van der Waals surface area contributed by atoms with Crippen LogP contribution < -0.4 is 0 Å². The summed E-state index contributed by atoms with van der Waals surface area (Å²) in [6.45, 7) is 2.03. The summed E-state index contributed by atoms with van der Waals surface area (Å²) < 4.78 is 5.07. The molecule has 0 spiro atoms. The maximum atomic E-state index is 11.1. The number of aliphatic hydroxyl groups is 1. The van der Waals surface area contributed by atoms with Crippen molar-refractivity contribution >= 4 is 5.97 Å². The third-order valence-corrected chi connectivity index (χ3v) is 2.34. The quantitative estimate of drug-likeness (QED) is 0.252. The highest BCUT2D eigenvalue weighted by molar-refractivity contribution is 5.71. The van der Waals surface area contributed by atoms with Crippen LogP contribution in [0.2, 0.25) is 0 Å². The maximum absolute atomic E-state index is 11.1. The standard InChI is InChI=1S/C9H15N3O3/c1-9(14)5-7(15-8(13)6-9)3-2-4-11-12-10/h7,14H,2-6H2,1H3/t7-,9-/m1/s1. The van der Waals surface area contributed by atoms with Crippen LogP contribution >= 0.6 is 0 Å². The predicted molar refractivity (Wildman–Crippen MR) is 53.0 cm³/mol. The molecule has 1 aliphatic heterocycles. The van der Waals surface area contributed by atoms with Gasteiger partial charge in [0.25, 0.3) is 0 Å². The molecule has 1 saturated heterocycles. The number of azide groups is 1. The van der Waals surface area contributed by atoms with E-state index in [2.05, 4.69) is 10.0 Å². The summed E-state index contributed by atoms with van der Waals surface area (Å²) in [5.74, 6) is -0.361. The Bertz CT molecular complexity index is 284. The maximum Gasteiger partial charge on any atom is 0.308 e. The molecule has 1 aliphatic rings. The Kier molecular flexibility index (Phi) is 3.94. The van der Waals surface area contributed by atoms with Gasteiger partial charge in [-0.2, -0.15) is 0 Å². The largest absolute Gasteiger partial charge is 0.462 e. The van der Waals surface area contributed by atoms with Crippen LogP contribution in [0.3, 0.4) is 0 Å². The van der Waals surface area contributed by atoms with E-state index in [1.54, 1.807) is 6.92 Å². The molecule has 0 radical (unpaired) electrons. The summed E-state index contributed by atoms with van der Waals surface area (Å²) in [6, 6.07) is 0. The number of rotatable bonds is 4. The molecule has 0 saturated carbocycles. The van der Waals surface area contributed by atoms with Gasteiger partial charge >= 0.3 is 5.97 Å². The van der Waals surface area contributed by atoms with Gasteiger partial charge in [-0.3, -0.25) is 4.79 Å². The second kappa shape index (κ2) is 5.00. The van der Waals surface area contributed by atoms with E-state index in [0.717, 1.165) is 0 Å². The van der Waals surface area contributed by atoms with Crippen LogP contribution in [-0.2, 0) is 9.53 Å². The topological polar surface area (TPSA) is 95.3 Å². The fourth-order valence-corrected chi connectivity index (χ4v) is 1.74. The summed E-state index contributed by atoms with van der Waals surface area (Å²) in [5, 5.41) is 13.1. The minimum Gasteiger partial charge on any atom is -0.462 e. The highest BCUT2D eigenvalue weighted by atomic mass is 16.5. The first-order valence-electron chi connectivity index (χ1n) is 4.96. The van der Waals surface area contributed by atoms with Gasteiger partial charge in [0.15, 0.2) is 0 Å². The van der Waals surface area contributed by atoms with Crippen LogP contribution in [0.4, 0.5) is 0 Å². The zero-order chi connectivity index (χ0) is 11.3. The average Bonchev–Trinajstić information content (AvgIpc) is 2.09. The molecule has 6 nitrogen and oxygen atoms in total. The normalized spacial score (nSPS) is 30.5. The molecule has 6 heteroatoms. The third kappa shape index (κ3) is 4.18. The minimum absolute atomic E-state index is 0.0554. The van der Waals surface area contributed by atoms with Crippen LogP contribution in [0.25, 0.3) is 10.4 Å². The van der Waals surface area contributed by atoms with Gasteiger partial charge in [-0.25, -0.2) is 0 Å². The molecule has 0 amide bonds. The molecule has 0 unspecified atom stereocenters. The van der Waals surface area contributed by atoms with E-state index in [1.165, 1.54) is 0 Å². The Balaban J connectivity index is 2.35. The smallest absolute Gasteiger partial charge is 0.308 e. The van der Waals surface area contributed by atoms with Crippen LogP contribution in [0, 0.1) is 0 Å². The molecule has 0 aromatic rings. The van der Waals surface area contributed by atoms with Crippen LogP contribution in [0.5, 0.6) is 0 Å². The van der Waals surface area contributed by atoms with Gasteiger partial charge in [-0.05, 0) is 25.3 Å². The number of ether oxygens (including phenoxy) is 1. The molecular weight excluding hydrogens is 198 g/mol. The van der Waals surface area contributed by atoms with Crippen LogP contribution in [-0.4, -0.2) is 29.3 Å². The Labute approximate surface area is 87.9 Å². The summed E-state index contributed by atoms with van der Waals surface area (Å²) in [6.07, 6.45) is 1.54. The number of carbonyl (C=O) groups is 1. The Morgan fingerprint density at radius 1 is 1.80 bits per heavy atom. The van der Waals surface area contributed by atoms with Crippen molar-refractivity contribution in [3.05, 3.63) is 10.4 Å². The second-order valence-electron chi connectivity index (χ2n) is 4.09. The average molecular weight is 213 g/mol. The zero-order valence-corrected chi connectivity index (χ0v) is 8.72. The van der Waals surface area contributed by atoms with Crippen molar-refractivity contribution in [1.29, 1.82) is 0 Å². The molecule has 2 atom stereocenters. The molecule has 0 aliphatic carbocycles. The lowest BCUT2D eigenvalue weighted by Crippen LogP contribution is -2.41. The van der Waals surface area contributed by atoms with Crippen molar-refractivity contribution in [2.24, 2.45) is 5.11 Å². The summed E-state index contributed by atoms with van der Waals surface area (Å²) in [5.41, 5.74) is 7.10. The van der Waals surface area contributed by atoms with E-state index >= 15 is 0 Å². The number of cyclic esters (lactones) is 1. The molecule has 0 aromatic carbocycles. The van der Waals surface area contributed by atoms with Gasteiger partial charge in [-0.15, -0.1) is 0 Å².